The smallest absolute Gasteiger partial charge is 0.266 e. The van der Waals surface area contributed by atoms with Crippen molar-refractivity contribution in [2.45, 2.75) is 39.2 Å². The van der Waals surface area contributed by atoms with Crippen molar-refractivity contribution in [2.24, 2.45) is 0 Å². The average Bonchev–Trinajstić information content (AvgIpc) is 2.83. The van der Waals surface area contributed by atoms with E-state index in [0.717, 1.165) is 5.56 Å². The lowest BCUT2D eigenvalue weighted by molar-refractivity contribution is 0.0735. The fourth-order valence-corrected chi connectivity index (χ4v) is 3.94. The molecule has 3 aromatic carbocycles. The normalized spacial score (nSPS) is 12.5. The summed E-state index contributed by atoms with van der Waals surface area (Å²) in [6, 6.07) is 19.8. The molecule has 1 atom stereocenters. The highest BCUT2D eigenvalue weighted by molar-refractivity contribution is 5.94. The van der Waals surface area contributed by atoms with E-state index >= 15 is 0 Å². The highest BCUT2D eigenvalue weighted by Crippen LogP contribution is 2.25. The second kappa shape index (κ2) is 8.86. The number of hydrogen-bond acceptors (Lipinski definition) is 3. The number of aromatic nitrogens is 2. The standard InChI is InChI=1S/C28H28FN3O2/c1-18(31(5)26(33)19-10-12-20(13-11-19)28(2,3)4)25-30-24-9-7-6-8-23(24)27(34)32(25)22-16-14-21(29)15-17-22/h6-18H,1-5H3. The van der Waals surface area contributed by atoms with Crippen LogP contribution in [0, 0.1) is 5.82 Å². The summed E-state index contributed by atoms with van der Waals surface area (Å²) < 4.78 is 15.0. The van der Waals surface area contributed by atoms with E-state index in [1.54, 1.807) is 30.1 Å². The van der Waals surface area contributed by atoms with Gasteiger partial charge in [-0.05, 0) is 66.4 Å². The summed E-state index contributed by atoms with van der Waals surface area (Å²) >= 11 is 0. The Kier molecular flexibility index (Phi) is 6.09. The van der Waals surface area contributed by atoms with Gasteiger partial charge in [0.2, 0.25) is 0 Å². The maximum absolute atomic E-state index is 13.6. The van der Waals surface area contributed by atoms with Crippen molar-refractivity contribution < 1.29 is 9.18 Å². The second-order valence-electron chi connectivity index (χ2n) is 9.52. The number of para-hydroxylation sites is 1. The Morgan fingerprint density at radius 1 is 0.971 bits per heavy atom. The van der Waals surface area contributed by atoms with E-state index in [0.29, 0.717) is 28.0 Å². The first kappa shape index (κ1) is 23.4. The molecule has 5 nitrogen and oxygen atoms in total. The molecule has 0 radical (unpaired) electrons. The molecule has 1 unspecified atom stereocenters. The van der Waals surface area contributed by atoms with E-state index < -0.39 is 11.9 Å². The fraction of sp³-hybridized carbons (Fsp3) is 0.250. The second-order valence-corrected chi connectivity index (χ2v) is 9.52. The number of amides is 1. The molecule has 0 saturated heterocycles. The van der Waals surface area contributed by atoms with Crippen molar-refractivity contribution >= 4 is 16.8 Å². The number of halogens is 1. The molecule has 4 rings (SSSR count). The van der Waals surface area contributed by atoms with Crippen LogP contribution in [0.1, 0.15) is 55.5 Å². The summed E-state index contributed by atoms with van der Waals surface area (Å²) in [5.74, 6) is -0.176. The minimum atomic E-state index is -0.530. The third kappa shape index (κ3) is 4.36. The zero-order valence-corrected chi connectivity index (χ0v) is 20.0. The van der Waals surface area contributed by atoms with Gasteiger partial charge < -0.3 is 4.90 Å². The van der Waals surface area contributed by atoms with Crippen molar-refractivity contribution in [3.05, 3.63) is 106 Å². The lowest BCUT2D eigenvalue weighted by Crippen LogP contribution is -2.35. The molecule has 0 spiro atoms. The van der Waals surface area contributed by atoms with Gasteiger partial charge in [0.05, 0.1) is 22.6 Å². The third-order valence-corrected chi connectivity index (χ3v) is 6.16. The summed E-state index contributed by atoms with van der Waals surface area (Å²) in [6.45, 7) is 8.20. The van der Waals surface area contributed by atoms with Gasteiger partial charge in [0.25, 0.3) is 11.5 Å². The van der Waals surface area contributed by atoms with Crippen LogP contribution in [0.4, 0.5) is 4.39 Å². The van der Waals surface area contributed by atoms with E-state index in [9.17, 15) is 14.0 Å². The lowest BCUT2D eigenvalue weighted by Gasteiger charge is -2.27. The number of carbonyl (C=O) groups excluding carboxylic acids is 1. The van der Waals surface area contributed by atoms with Crippen LogP contribution in [0.15, 0.2) is 77.6 Å². The Bertz CT molecular complexity index is 1400. The molecule has 6 heteroatoms. The number of carbonyl (C=O) groups is 1. The van der Waals surface area contributed by atoms with E-state index in [1.165, 1.54) is 28.8 Å². The van der Waals surface area contributed by atoms with Crippen LogP contribution in [-0.4, -0.2) is 27.4 Å². The number of hydrogen-bond donors (Lipinski definition) is 0. The molecule has 4 aromatic rings. The Hall–Kier alpha value is -3.80. The third-order valence-electron chi connectivity index (χ3n) is 6.16. The predicted octanol–water partition coefficient (Wildman–Crippen LogP) is 5.66. The largest absolute Gasteiger partial charge is 0.332 e. The maximum atomic E-state index is 13.6. The Balaban J connectivity index is 1.79. The Morgan fingerprint density at radius 2 is 1.59 bits per heavy atom. The van der Waals surface area contributed by atoms with Crippen LogP contribution < -0.4 is 5.56 Å². The highest BCUT2D eigenvalue weighted by atomic mass is 19.1. The minimum Gasteiger partial charge on any atom is -0.332 e. The molecule has 0 aliphatic heterocycles. The van der Waals surface area contributed by atoms with Gasteiger partial charge in [-0.25, -0.2) is 9.37 Å². The lowest BCUT2D eigenvalue weighted by atomic mass is 9.86. The van der Waals surface area contributed by atoms with Gasteiger partial charge in [0.1, 0.15) is 11.6 Å². The number of rotatable bonds is 4. The van der Waals surface area contributed by atoms with Crippen LogP contribution in [0.25, 0.3) is 16.6 Å². The molecule has 34 heavy (non-hydrogen) atoms. The van der Waals surface area contributed by atoms with Gasteiger partial charge in [-0.3, -0.25) is 14.2 Å². The summed E-state index contributed by atoms with van der Waals surface area (Å²) in [7, 11) is 1.70. The van der Waals surface area contributed by atoms with Crippen LogP contribution in [0.5, 0.6) is 0 Å². The molecule has 174 valence electrons. The van der Waals surface area contributed by atoms with Crippen molar-refractivity contribution in [1.82, 2.24) is 14.5 Å². The maximum Gasteiger partial charge on any atom is 0.266 e. The SMILES string of the molecule is CC(c1nc2ccccc2c(=O)n1-c1ccc(F)cc1)N(C)C(=O)c1ccc(C(C)(C)C)cc1. The molecule has 0 aliphatic carbocycles. The first-order chi connectivity index (χ1) is 16.1. The fourth-order valence-electron chi connectivity index (χ4n) is 3.94. The molecular weight excluding hydrogens is 429 g/mol. The monoisotopic (exact) mass is 457 g/mol. The molecule has 0 bridgehead atoms. The quantitative estimate of drug-likeness (QED) is 0.398. The topological polar surface area (TPSA) is 55.2 Å². The Labute approximate surface area is 198 Å². The van der Waals surface area contributed by atoms with Gasteiger partial charge in [-0.2, -0.15) is 0 Å². The zero-order chi connectivity index (χ0) is 24.6. The van der Waals surface area contributed by atoms with Gasteiger partial charge in [0.15, 0.2) is 0 Å². The Morgan fingerprint density at radius 3 is 2.21 bits per heavy atom. The van der Waals surface area contributed by atoms with Crippen LogP contribution in [-0.2, 0) is 5.41 Å². The molecule has 1 aromatic heterocycles. The van der Waals surface area contributed by atoms with E-state index in [4.69, 9.17) is 4.98 Å². The summed E-state index contributed by atoms with van der Waals surface area (Å²) in [5, 5.41) is 0.453. The molecule has 1 amide bonds. The van der Waals surface area contributed by atoms with Gasteiger partial charge in [-0.1, -0.05) is 45.0 Å². The molecule has 0 saturated carbocycles. The van der Waals surface area contributed by atoms with E-state index in [-0.39, 0.29) is 16.9 Å². The zero-order valence-electron chi connectivity index (χ0n) is 20.0. The average molecular weight is 458 g/mol. The van der Waals surface area contributed by atoms with Crippen LogP contribution in [0.2, 0.25) is 0 Å². The van der Waals surface area contributed by atoms with Gasteiger partial charge in [-0.15, -0.1) is 0 Å². The van der Waals surface area contributed by atoms with Crippen LogP contribution in [0.3, 0.4) is 0 Å². The molecule has 0 N–H and O–H groups in total. The molecular formula is C28H28FN3O2. The van der Waals surface area contributed by atoms with E-state index in [1.807, 2.05) is 37.3 Å². The summed E-state index contributed by atoms with van der Waals surface area (Å²) in [4.78, 5) is 33.1. The van der Waals surface area contributed by atoms with E-state index in [2.05, 4.69) is 20.8 Å². The van der Waals surface area contributed by atoms with Gasteiger partial charge >= 0.3 is 0 Å². The predicted molar refractivity (Wildman–Crippen MR) is 133 cm³/mol. The molecule has 1 heterocycles. The van der Waals surface area contributed by atoms with Crippen LogP contribution >= 0.6 is 0 Å². The number of fused-ring (bicyclic) bond motifs is 1. The summed E-state index contributed by atoms with van der Waals surface area (Å²) in [6.07, 6.45) is 0. The first-order valence-corrected chi connectivity index (χ1v) is 11.2. The van der Waals surface area contributed by atoms with Gasteiger partial charge in [0, 0.05) is 12.6 Å². The molecule has 0 fully saturated rings. The first-order valence-electron chi connectivity index (χ1n) is 11.2. The number of benzene rings is 3. The highest BCUT2D eigenvalue weighted by Gasteiger charge is 2.25. The van der Waals surface area contributed by atoms with Crippen molar-refractivity contribution in [1.29, 1.82) is 0 Å². The number of nitrogens with zero attached hydrogens (tertiary/aromatic N) is 3. The summed E-state index contributed by atoms with van der Waals surface area (Å²) in [5.41, 5.74) is 2.44. The van der Waals surface area contributed by atoms with Crippen molar-refractivity contribution in [3.8, 4) is 5.69 Å². The molecule has 0 aliphatic rings. The minimum absolute atomic E-state index is 0.0129. The van der Waals surface area contributed by atoms with Crippen molar-refractivity contribution in [2.75, 3.05) is 7.05 Å². The van der Waals surface area contributed by atoms with Crippen molar-refractivity contribution in [3.63, 3.8) is 0 Å².